The average molecular weight is 384 g/mol. The zero-order valence-corrected chi connectivity index (χ0v) is 15.7. The van der Waals surface area contributed by atoms with Gasteiger partial charge in [0.15, 0.2) is 0 Å². The van der Waals surface area contributed by atoms with Gasteiger partial charge in [-0.25, -0.2) is 0 Å². The largest absolute Gasteiger partial charge is 0.369 e. The molecule has 2 rings (SSSR count). The van der Waals surface area contributed by atoms with Crippen LogP contribution in [-0.2, 0) is 21.3 Å². The number of carbonyl (C=O) groups is 1. The molecule has 0 aromatic heterocycles. The molecule has 7 heteroatoms. The molecule has 0 fully saturated rings. The van der Waals surface area contributed by atoms with Gasteiger partial charge in [-0.05, 0) is 41.7 Å². The van der Waals surface area contributed by atoms with E-state index in [2.05, 4.69) is 24.3 Å². The Morgan fingerprint density at radius 3 is 1.88 bits per heavy atom. The first-order valence-corrected chi connectivity index (χ1v) is 9.85. The summed E-state index contributed by atoms with van der Waals surface area (Å²) in [4.78, 5) is 11.0. The van der Waals surface area contributed by atoms with E-state index in [1.807, 2.05) is 31.2 Å². The molecule has 136 valence electrons. The number of primary amides is 1. The number of halogens is 1. The van der Waals surface area contributed by atoms with E-state index in [0.29, 0.717) is 6.26 Å². The van der Waals surface area contributed by atoms with Crippen LogP contribution in [0.1, 0.15) is 18.9 Å². The van der Waals surface area contributed by atoms with Crippen LogP contribution in [0, 0.1) is 5.92 Å². The van der Waals surface area contributed by atoms with Gasteiger partial charge in [-0.15, -0.1) is 0 Å². The number of nitrogens with two attached hydrogens (primary N) is 1. The van der Waals surface area contributed by atoms with Gasteiger partial charge >= 0.3 is 0 Å². The lowest BCUT2D eigenvalue weighted by Crippen LogP contribution is -2.20. The second kappa shape index (κ2) is 9.56. The Hall–Kier alpha value is -1.89. The minimum Gasteiger partial charge on any atom is -0.369 e. The summed E-state index contributed by atoms with van der Waals surface area (Å²) < 4.78 is 25.9. The van der Waals surface area contributed by atoms with Crippen LogP contribution in [0.25, 0.3) is 11.1 Å². The third-order valence-electron chi connectivity index (χ3n) is 3.48. The quantitative estimate of drug-likeness (QED) is 0.771. The summed E-state index contributed by atoms with van der Waals surface area (Å²) in [5, 5.41) is 0.741. The monoisotopic (exact) mass is 383 g/mol. The first-order valence-electron chi connectivity index (χ1n) is 7.63. The molecule has 0 saturated carbocycles. The van der Waals surface area contributed by atoms with Crippen molar-refractivity contribution in [3.8, 4) is 11.1 Å². The standard InChI is InChI=1S/C17H18ClNO.CH4O3S/c1-12(17(19)20)2-3-13-4-6-14(7-5-13)15-8-10-16(18)11-9-15;1-5(2,3)4/h4-12H,2-3H2,1H3,(H2,19,20);1H3,(H,2,3,4)/t12-;/m1./s1. The number of rotatable bonds is 5. The van der Waals surface area contributed by atoms with Crippen LogP contribution in [0.15, 0.2) is 48.5 Å². The van der Waals surface area contributed by atoms with Crippen LogP contribution in [0.4, 0.5) is 0 Å². The summed E-state index contributed by atoms with van der Waals surface area (Å²) in [6.07, 6.45) is 2.37. The van der Waals surface area contributed by atoms with Crippen LogP contribution in [0.3, 0.4) is 0 Å². The Morgan fingerprint density at radius 1 is 1.08 bits per heavy atom. The summed E-state index contributed by atoms with van der Waals surface area (Å²) in [5.74, 6) is -0.311. The molecule has 0 heterocycles. The Balaban J connectivity index is 0.000000550. The maximum Gasteiger partial charge on any atom is 0.261 e. The average Bonchev–Trinajstić information content (AvgIpc) is 2.52. The molecule has 0 aliphatic heterocycles. The van der Waals surface area contributed by atoms with E-state index in [1.54, 1.807) is 0 Å². The summed E-state index contributed by atoms with van der Waals surface area (Å²) in [7, 11) is -3.67. The molecule has 2 aromatic rings. The van der Waals surface area contributed by atoms with Crippen molar-refractivity contribution in [2.75, 3.05) is 6.26 Å². The molecule has 5 nitrogen and oxygen atoms in total. The SMILES string of the molecule is CS(=O)(=O)O.C[C@H](CCc1ccc(-c2ccc(Cl)cc2)cc1)C(N)=O. The smallest absolute Gasteiger partial charge is 0.261 e. The maximum atomic E-state index is 11.0. The van der Waals surface area contributed by atoms with Gasteiger partial charge in [0.2, 0.25) is 5.91 Å². The van der Waals surface area contributed by atoms with Gasteiger partial charge in [-0.2, -0.15) is 8.42 Å². The van der Waals surface area contributed by atoms with Crippen molar-refractivity contribution in [2.45, 2.75) is 19.8 Å². The fraction of sp³-hybridized carbons (Fsp3) is 0.278. The molecular formula is C18H22ClNO4S. The Bertz CT molecular complexity index is 779. The summed E-state index contributed by atoms with van der Waals surface area (Å²) in [5.41, 5.74) is 8.79. The van der Waals surface area contributed by atoms with Gasteiger partial charge in [-0.3, -0.25) is 9.35 Å². The van der Waals surface area contributed by atoms with Crippen LogP contribution < -0.4 is 5.73 Å². The number of hydrogen-bond acceptors (Lipinski definition) is 3. The minimum absolute atomic E-state index is 0.0778. The Morgan fingerprint density at radius 2 is 1.48 bits per heavy atom. The summed E-state index contributed by atoms with van der Waals surface area (Å²) in [6.45, 7) is 1.87. The zero-order chi connectivity index (χ0) is 19.0. The highest BCUT2D eigenvalue weighted by atomic mass is 35.5. The molecule has 1 amide bonds. The number of carbonyl (C=O) groups excluding carboxylic acids is 1. The second-order valence-corrected chi connectivity index (χ2v) is 7.68. The second-order valence-electron chi connectivity index (χ2n) is 5.78. The van der Waals surface area contributed by atoms with E-state index in [-0.39, 0.29) is 11.8 Å². The van der Waals surface area contributed by atoms with Crippen molar-refractivity contribution in [1.82, 2.24) is 0 Å². The van der Waals surface area contributed by atoms with E-state index in [1.165, 1.54) is 5.56 Å². The molecule has 0 spiro atoms. The van der Waals surface area contributed by atoms with Crippen LogP contribution in [-0.4, -0.2) is 25.1 Å². The maximum absolute atomic E-state index is 11.0. The molecule has 0 unspecified atom stereocenters. The zero-order valence-electron chi connectivity index (χ0n) is 14.1. The summed E-state index contributed by atoms with van der Waals surface area (Å²) in [6, 6.07) is 16.2. The first-order chi connectivity index (χ1) is 11.6. The van der Waals surface area contributed by atoms with Crippen LogP contribution in [0.2, 0.25) is 5.02 Å². The molecule has 0 bridgehead atoms. The van der Waals surface area contributed by atoms with Gasteiger partial charge in [0, 0.05) is 10.9 Å². The molecule has 25 heavy (non-hydrogen) atoms. The van der Waals surface area contributed by atoms with Crippen molar-refractivity contribution in [3.05, 3.63) is 59.1 Å². The minimum atomic E-state index is -3.67. The van der Waals surface area contributed by atoms with E-state index in [0.717, 1.165) is 29.0 Å². The van der Waals surface area contributed by atoms with Gasteiger partial charge in [0.1, 0.15) is 0 Å². The predicted octanol–water partition coefficient (Wildman–Crippen LogP) is 3.57. The highest BCUT2D eigenvalue weighted by molar-refractivity contribution is 7.85. The first kappa shape index (κ1) is 21.2. The fourth-order valence-corrected chi connectivity index (χ4v) is 2.16. The lowest BCUT2D eigenvalue weighted by atomic mass is 9.98. The number of aryl methyl sites for hydroxylation is 1. The third-order valence-corrected chi connectivity index (χ3v) is 3.74. The van der Waals surface area contributed by atoms with Crippen molar-refractivity contribution >= 4 is 27.6 Å². The molecule has 3 N–H and O–H groups in total. The van der Waals surface area contributed by atoms with Crippen molar-refractivity contribution in [2.24, 2.45) is 11.7 Å². The molecule has 1 atom stereocenters. The van der Waals surface area contributed by atoms with Crippen molar-refractivity contribution < 1.29 is 17.8 Å². The topological polar surface area (TPSA) is 97.5 Å². The van der Waals surface area contributed by atoms with Crippen LogP contribution in [0.5, 0.6) is 0 Å². The normalized spacial score (nSPS) is 12.0. The fourth-order valence-electron chi connectivity index (χ4n) is 2.03. The Labute approximate surface area is 153 Å². The van der Waals surface area contributed by atoms with E-state index in [4.69, 9.17) is 21.9 Å². The van der Waals surface area contributed by atoms with Crippen LogP contribution >= 0.6 is 11.6 Å². The number of benzene rings is 2. The third kappa shape index (κ3) is 9.24. The molecule has 0 radical (unpaired) electrons. The lowest BCUT2D eigenvalue weighted by molar-refractivity contribution is -0.121. The predicted molar refractivity (Wildman–Crippen MR) is 101 cm³/mol. The van der Waals surface area contributed by atoms with Gasteiger partial charge in [0.05, 0.1) is 6.26 Å². The molecule has 0 saturated heterocycles. The van der Waals surface area contributed by atoms with E-state index in [9.17, 15) is 13.2 Å². The van der Waals surface area contributed by atoms with E-state index >= 15 is 0 Å². The Kier molecular flexibility index (Phi) is 8.09. The van der Waals surface area contributed by atoms with Gasteiger partial charge in [0.25, 0.3) is 10.1 Å². The highest BCUT2D eigenvalue weighted by Crippen LogP contribution is 2.22. The summed E-state index contributed by atoms with van der Waals surface area (Å²) >= 11 is 5.88. The lowest BCUT2D eigenvalue weighted by Gasteiger charge is -2.08. The molecular weight excluding hydrogens is 362 g/mol. The van der Waals surface area contributed by atoms with Gasteiger partial charge in [-0.1, -0.05) is 54.9 Å². The molecule has 0 aliphatic rings. The van der Waals surface area contributed by atoms with Crippen molar-refractivity contribution in [3.63, 3.8) is 0 Å². The van der Waals surface area contributed by atoms with E-state index < -0.39 is 10.1 Å². The molecule has 2 aromatic carbocycles. The van der Waals surface area contributed by atoms with Crippen molar-refractivity contribution in [1.29, 1.82) is 0 Å². The number of hydrogen-bond donors (Lipinski definition) is 2. The molecule has 0 aliphatic carbocycles. The van der Waals surface area contributed by atoms with Gasteiger partial charge < -0.3 is 5.73 Å². The highest BCUT2D eigenvalue weighted by Gasteiger charge is 2.08. The number of amides is 1.